The smallest absolute Gasteiger partial charge is 0.354 e. The third-order valence-corrected chi connectivity index (χ3v) is 3.23. The van der Waals surface area contributed by atoms with Crippen LogP contribution in [0.25, 0.3) is 0 Å². The van der Waals surface area contributed by atoms with Crippen LogP contribution in [0.3, 0.4) is 0 Å². The van der Waals surface area contributed by atoms with Crippen molar-refractivity contribution in [2.24, 2.45) is 0 Å². The van der Waals surface area contributed by atoms with Crippen LogP contribution in [0, 0.1) is 5.82 Å². The van der Waals surface area contributed by atoms with E-state index in [0.29, 0.717) is 17.4 Å². The minimum absolute atomic E-state index is 0.0917. The van der Waals surface area contributed by atoms with E-state index >= 15 is 0 Å². The summed E-state index contributed by atoms with van der Waals surface area (Å²) in [7, 11) is 0. The fourth-order valence-corrected chi connectivity index (χ4v) is 2.04. The fourth-order valence-electron chi connectivity index (χ4n) is 1.62. The summed E-state index contributed by atoms with van der Waals surface area (Å²) in [6.45, 7) is 0.333. The molecule has 0 unspecified atom stereocenters. The molecular weight excluding hydrogens is 354 g/mol. The van der Waals surface area contributed by atoms with Crippen LogP contribution < -0.4 is 5.32 Å². The third-order valence-electron chi connectivity index (χ3n) is 2.63. The van der Waals surface area contributed by atoms with E-state index in [1.54, 1.807) is 12.1 Å². The Morgan fingerprint density at radius 1 is 1.19 bits per heavy atom. The van der Waals surface area contributed by atoms with Crippen molar-refractivity contribution in [3.63, 3.8) is 0 Å². The molecule has 21 heavy (non-hydrogen) atoms. The fraction of sp³-hybridized carbons (Fsp3) is 0.231. The van der Waals surface area contributed by atoms with Crippen molar-refractivity contribution in [1.82, 2.24) is 9.97 Å². The summed E-state index contributed by atoms with van der Waals surface area (Å²) >= 11 is 3.07. The summed E-state index contributed by atoms with van der Waals surface area (Å²) in [6, 6.07) is 5.35. The summed E-state index contributed by atoms with van der Waals surface area (Å²) in [6.07, 6.45) is -2.95. The number of alkyl halides is 3. The van der Waals surface area contributed by atoms with Crippen molar-refractivity contribution in [2.45, 2.75) is 12.6 Å². The first kappa shape index (κ1) is 15.7. The van der Waals surface area contributed by atoms with Crippen LogP contribution in [0.15, 0.2) is 34.9 Å². The Bertz CT molecular complexity index is 631. The maximum Gasteiger partial charge on any atom is 0.433 e. The van der Waals surface area contributed by atoms with Crippen molar-refractivity contribution >= 4 is 21.9 Å². The zero-order valence-corrected chi connectivity index (χ0v) is 12.2. The summed E-state index contributed by atoms with van der Waals surface area (Å²) in [4.78, 5) is 7.11. The molecule has 2 rings (SSSR count). The van der Waals surface area contributed by atoms with E-state index in [2.05, 4.69) is 31.2 Å². The monoisotopic (exact) mass is 363 g/mol. The number of hydrogen-bond acceptors (Lipinski definition) is 3. The van der Waals surface area contributed by atoms with Gasteiger partial charge in [-0.05, 0) is 46.1 Å². The Morgan fingerprint density at radius 2 is 1.95 bits per heavy atom. The molecule has 0 saturated carbocycles. The lowest BCUT2D eigenvalue weighted by atomic mass is 10.1. The molecule has 0 saturated heterocycles. The van der Waals surface area contributed by atoms with Gasteiger partial charge in [0.15, 0.2) is 0 Å². The van der Waals surface area contributed by atoms with Crippen molar-refractivity contribution in [1.29, 1.82) is 0 Å². The van der Waals surface area contributed by atoms with E-state index in [1.807, 2.05) is 0 Å². The predicted octanol–water partition coefficient (Wildman–Crippen LogP) is 4.05. The molecular formula is C13H10BrF4N3. The van der Waals surface area contributed by atoms with Gasteiger partial charge >= 0.3 is 6.18 Å². The Hall–Kier alpha value is -1.70. The first-order valence-corrected chi connectivity index (χ1v) is 6.73. The average molecular weight is 364 g/mol. The van der Waals surface area contributed by atoms with Crippen LogP contribution in [0.4, 0.5) is 23.5 Å². The standard InChI is InChI=1S/C13H10BrF4N3/c14-9-7-8(1-2-10(9)15)3-5-19-12-20-6-4-11(21-12)13(16,17)18/h1-2,4,6-7H,3,5H2,(H,19,20,21). The van der Waals surface area contributed by atoms with Gasteiger partial charge in [-0.25, -0.2) is 14.4 Å². The highest BCUT2D eigenvalue weighted by Crippen LogP contribution is 2.27. The van der Waals surface area contributed by atoms with Gasteiger partial charge in [-0.3, -0.25) is 0 Å². The predicted molar refractivity (Wildman–Crippen MR) is 73.3 cm³/mol. The average Bonchev–Trinajstić information content (AvgIpc) is 2.42. The van der Waals surface area contributed by atoms with Crippen LogP contribution in [0.2, 0.25) is 0 Å². The maximum absolute atomic E-state index is 13.1. The Morgan fingerprint density at radius 3 is 2.62 bits per heavy atom. The zero-order chi connectivity index (χ0) is 15.5. The molecule has 0 aliphatic heterocycles. The quantitative estimate of drug-likeness (QED) is 0.832. The lowest BCUT2D eigenvalue weighted by molar-refractivity contribution is -0.141. The molecule has 0 fully saturated rings. The molecule has 1 heterocycles. The summed E-state index contributed by atoms with van der Waals surface area (Å²) in [5.41, 5.74) is -0.160. The Balaban J connectivity index is 1.96. The summed E-state index contributed by atoms with van der Waals surface area (Å²) in [5, 5.41) is 2.71. The highest BCUT2D eigenvalue weighted by Gasteiger charge is 2.32. The first-order chi connectivity index (χ1) is 9.86. The van der Waals surface area contributed by atoms with Crippen LogP contribution >= 0.6 is 15.9 Å². The molecule has 112 valence electrons. The van der Waals surface area contributed by atoms with Gasteiger partial charge in [-0.1, -0.05) is 6.07 Å². The summed E-state index contributed by atoms with van der Waals surface area (Å²) in [5.74, 6) is -0.459. The minimum atomic E-state index is -4.50. The van der Waals surface area contributed by atoms with Gasteiger partial charge in [0.05, 0.1) is 4.47 Å². The van der Waals surface area contributed by atoms with Crippen molar-refractivity contribution in [2.75, 3.05) is 11.9 Å². The van der Waals surface area contributed by atoms with E-state index in [4.69, 9.17) is 0 Å². The van der Waals surface area contributed by atoms with Gasteiger partial charge in [-0.2, -0.15) is 13.2 Å². The normalized spacial score (nSPS) is 11.5. The SMILES string of the molecule is Fc1ccc(CCNc2nccc(C(F)(F)F)n2)cc1Br. The van der Waals surface area contributed by atoms with Gasteiger partial charge in [0.1, 0.15) is 11.5 Å². The van der Waals surface area contributed by atoms with Crippen molar-refractivity contribution in [3.8, 4) is 0 Å². The van der Waals surface area contributed by atoms with Crippen molar-refractivity contribution < 1.29 is 17.6 Å². The molecule has 0 aliphatic carbocycles. The highest BCUT2D eigenvalue weighted by molar-refractivity contribution is 9.10. The zero-order valence-electron chi connectivity index (χ0n) is 10.6. The number of nitrogens with one attached hydrogen (secondary N) is 1. The van der Waals surface area contributed by atoms with Crippen LogP contribution in [-0.2, 0) is 12.6 Å². The number of benzene rings is 1. The van der Waals surface area contributed by atoms with Crippen LogP contribution in [-0.4, -0.2) is 16.5 Å². The van der Waals surface area contributed by atoms with Crippen LogP contribution in [0.5, 0.6) is 0 Å². The highest BCUT2D eigenvalue weighted by atomic mass is 79.9. The van der Waals surface area contributed by atoms with Gasteiger partial charge in [0.2, 0.25) is 5.95 Å². The molecule has 2 aromatic rings. The van der Waals surface area contributed by atoms with E-state index in [9.17, 15) is 17.6 Å². The number of anilines is 1. The maximum atomic E-state index is 13.1. The van der Waals surface area contributed by atoms with Crippen LogP contribution in [0.1, 0.15) is 11.3 Å². The summed E-state index contributed by atoms with van der Waals surface area (Å²) < 4.78 is 50.8. The van der Waals surface area contributed by atoms with Crippen molar-refractivity contribution in [3.05, 3.63) is 52.0 Å². The molecule has 1 aromatic carbocycles. The molecule has 0 aliphatic rings. The number of nitrogens with zero attached hydrogens (tertiary/aromatic N) is 2. The molecule has 3 nitrogen and oxygen atoms in total. The van der Waals surface area contributed by atoms with E-state index < -0.39 is 11.9 Å². The Labute approximate surface area is 126 Å². The number of halogens is 5. The second-order valence-electron chi connectivity index (χ2n) is 4.19. The largest absolute Gasteiger partial charge is 0.433 e. The lowest BCUT2D eigenvalue weighted by Crippen LogP contribution is -2.13. The van der Waals surface area contributed by atoms with E-state index in [0.717, 1.165) is 17.8 Å². The molecule has 0 atom stereocenters. The molecule has 0 bridgehead atoms. The second-order valence-corrected chi connectivity index (χ2v) is 5.04. The second kappa shape index (κ2) is 6.38. The molecule has 0 spiro atoms. The third kappa shape index (κ3) is 4.38. The topological polar surface area (TPSA) is 37.8 Å². The molecule has 0 radical (unpaired) electrons. The number of aromatic nitrogens is 2. The number of rotatable bonds is 4. The molecule has 0 amide bonds. The Kier molecular flexibility index (Phi) is 4.76. The molecule has 8 heteroatoms. The molecule has 1 N–H and O–H groups in total. The molecule has 1 aromatic heterocycles. The first-order valence-electron chi connectivity index (χ1n) is 5.94. The van der Waals surface area contributed by atoms with Gasteiger partial charge < -0.3 is 5.32 Å². The van der Waals surface area contributed by atoms with E-state index in [-0.39, 0.29) is 11.8 Å². The minimum Gasteiger partial charge on any atom is -0.354 e. The van der Waals surface area contributed by atoms with Gasteiger partial charge in [0, 0.05) is 12.7 Å². The van der Waals surface area contributed by atoms with Gasteiger partial charge in [-0.15, -0.1) is 0 Å². The van der Waals surface area contributed by atoms with Gasteiger partial charge in [0.25, 0.3) is 0 Å². The van der Waals surface area contributed by atoms with E-state index in [1.165, 1.54) is 6.07 Å². The lowest BCUT2D eigenvalue weighted by Gasteiger charge is -2.08. The number of hydrogen-bond donors (Lipinski definition) is 1.